The molecule has 1 aliphatic carbocycles. The SMILES string of the molecule is C=C[C@H]1CCCC[C@H]1/C=C(\CO)O[Si](CC)(CC)CC. The Hall–Kier alpha value is -0.543. The number of aliphatic hydroxyl groups excluding tert-OH is 1. The van der Waals surface area contributed by atoms with E-state index in [9.17, 15) is 5.11 Å². The van der Waals surface area contributed by atoms with Crippen molar-refractivity contribution in [1.82, 2.24) is 0 Å². The second kappa shape index (κ2) is 8.68. The zero-order valence-corrected chi connectivity index (χ0v) is 14.5. The molecule has 0 aliphatic heterocycles. The molecule has 0 radical (unpaired) electrons. The minimum atomic E-state index is -1.67. The molecule has 2 atom stereocenters. The van der Waals surface area contributed by atoms with E-state index in [4.69, 9.17) is 4.43 Å². The largest absolute Gasteiger partial charge is 0.545 e. The molecule has 0 aromatic rings. The van der Waals surface area contributed by atoms with Crippen molar-refractivity contribution in [2.24, 2.45) is 11.8 Å². The van der Waals surface area contributed by atoms with Gasteiger partial charge in [-0.15, -0.1) is 6.58 Å². The molecule has 2 nitrogen and oxygen atoms in total. The van der Waals surface area contributed by atoms with Crippen LogP contribution in [0, 0.1) is 11.8 Å². The summed E-state index contributed by atoms with van der Waals surface area (Å²) >= 11 is 0. The van der Waals surface area contributed by atoms with Gasteiger partial charge in [-0.2, -0.15) is 0 Å². The average Bonchev–Trinajstić information content (AvgIpc) is 2.52. The summed E-state index contributed by atoms with van der Waals surface area (Å²) < 4.78 is 6.35. The maximum absolute atomic E-state index is 9.67. The summed E-state index contributed by atoms with van der Waals surface area (Å²) in [6.07, 6.45) is 9.29. The zero-order valence-electron chi connectivity index (χ0n) is 13.5. The van der Waals surface area contributed by atoms with Crippen LogP contribution in [0.3, 0.4) is 0 Å². The van der Waals surface area contributed by atoms with Crippen molar-refractivity contribution in [2.45, 2.75) is 64.6 Å². The van der Waals surface area contributed by atoms with Gasteiger partial charge >= 0.3 is 0 Å². The molecule has 20 heavy (non-hydrogen) atoms. The van der Waals surface area contributed by atoms with Gasteiger partial charge in [-0.3, -0.25) is 0 Å². The summed E-state index contributed by atoms with van der Waals surface area (Å²) in [4.78, 5) is 0. The predicted molar refractivity (Wildman–Crippen MR) is 89.1 cm³/mol. The molecular formula is C17H32O2Si. The lowest BCUT2D eigenvalue weighted by Crippen LogP contribution is -2.36. The van der Waals surface area contributed by atoms with E-state index in [1.165, 1.54) is 25.7 Å². The van der Waals surface area contributed by atoms with E-state index >= 15 is 0 Å². The van der Waals surface area contributed by atoms with Crippen LogP contribution in [0.15, 0.2) is 24.5 Å². The average molecular weight is 297 g/mol. The summed E-state index contributed by atoms with van der Waals surface area (Å²) in [6.45, 7) is 10.7. The number of hydrogen-bond donors (Lipinski definition) is 1. The van der Waals surface area contributed by atoms with Crippen LogP contribution >= 0.6 is 0 Å². The predicted octanol–water partition coefficient (Wildman–Crippen LogP) is 4.88. The summed E-state index contributed by atoms with van der Waals surface area (Å²) in [7, 11) is -1.67. The lowest BCUT2D eigenvalue weighted by molar-refractivity contribution is 0.246. The van der Waals surface area contributed by atoms with Crippen LogP contribution in [0.5, 0.6) is 0 Å². The first-order chi connectivity index (χ1) is 9.64. The fourth-order valence-electron chi connectivity index (χ4n) is 3.29. The van der Waals surface area contributed by atoms with Gasteiger partial charge in [-0.25, -0.2) is 0 Å². The van der Waals surface area contributed by atoms with Crippen molar-refractivity contribution < 1.29 is 9.53 Å². The first-order valence-electron chi connectivity index (χ1n) is 8.27. The first-order valence-corrected chi connectivity index (χ1v) is 10.8. The highest BCUT2D eigenvalue weighted by Gasteiger charge is 2.32. The number of allylic oxidation sites excluding steroid dienone is 2. The summed E-state index contributed by atoms with van der Waals surface area (Å²) in [5.41, 5.74) is 0. The lowest BCUT2D eigenvalue weighted by Gasteiger charge is -2.32. The molecule has 1 fully saturated rings. The smallest absolute Gasteiger partial charge is 0.250 e. The molecule has 1 N–H and O–H groups in total. The Morgan fingerprint density at radius 1 is 1.15 bits per heavy atom. The van der Waals surface area contributed by atoms with E-state index in [-0.39, 0.29) is 6.61 Å². The van der Waals surface area contributed by atoms with Crippen LogP contribution in [-0.4, -0.2) is 20.0 Å². The second-order valence-corrected chi connectivity index (χ2v) is 10.7. The van der Waals surface area contributed by atoms with E-state index in [1.54, 1.807) is 0 Å². The van der Waals surface area contributed by atoms with Crippen molar-refractivity contribution in [3.05, 3.63) is 24.5 Å². The van der Waals surface area contributed by atoms with E-state index in [2.05, 4.69) is 39.5 Å². The monoisotopic (exact) mass is 296 g/mol. The van der Waals surface area contributed by atoms with Gasteiger partial charge in [0.2, 0.25) is 8.32 Å². The van der Waals surface area contributed by atoms with Crippen molar-refractivity contribution in [1.29, 1.82) is 0 Å². The number of aliphatic hydroxyl groups is 1. The highest BCUT2D eigenvalue weighted by molar-refractivity contribution is 6.73. The van der Waals surface area contributed by atoms with Gasteiger partial charge in [0.25, 0.3) is 0 Å². The molecule has 116 valence electrons. The van der Waals surface area contributed by atoms with Gasteiger partial charge in [0.1, 0.15) is 5.76 Å². The minimum Gasteiger partial charge on any atom is -0.545 e. The quantitative estimate of drug-likeness (QED) is 0.393. The Bertz CT molecular complexity index is 313. The maximum Gasteiger partial charge on any atom is 0.250 e. The number of hydrogen-bond acceptors (Lipinski definition) is 2. The molecular weight excluding hydrogens is 264 g/mol. The third kappa shape index (κ3) is 4.49. The molecule has 1 aliphatic rings. The van der Waals surface area contributed by atoms with Gasteiger partial charge in [0.15, 0.2) is 0 Å². The van der Waals surface area contributed by atoms with Gasteiger partial charge < -0.3 is 9.53 Å². The highest BCUT2D eigenvalue weighted by Crippen LogP contribution is 2.33. The third-order valence-electron chi connectivity index (χ3n) is 5.01. The summed E-state index contributed by atoms with van der Waals surface area (Å²) in [5.74, 6) is 1.87. The van der Waals surface area contributed by atoms with Crippen LogP contribution in [0.1, 0.15) is 46.5 Å². The van der Waals surface area contributed by atoms with Crippen molar-refractivity contribution in [2.75, 3.05) is 6.61 Å². The molecule has 1 saturated carbocycles. The second-order valence-electron chi connectivity index (χ2n) is 5.98. The molecule has 0 heterocycles. The summed E-state index contributed by atoms with van der Waals surface area (Å²) in [6, 6.07) is 3.35. The van der Waals surface area contributed by atoms with Crippen LogP contribution in [0.4, 0.5) is 0 Å². The highest BCUT2D eigenvalue weighted by atomic mass is 28.4. The van der Waals surface area contributed by atoms with E-state index in [0.717, 1.165) is 23.9 Å². The fraction of sp³-hybridized carbons (Fsp3) is 0.765. The molecule has 0 amide bonds. The van der Waals surface area contributed by atoms with Crippen molar-refractivity contribution >= 4 is 8.32 Å². The van der Waals surface area contributed by atoms with Gasteiger partial charge in [-0.1, -0.05) is 39.7 Å². The van der Waals surface area contributed by atoms with Gasteiger partial charge in [-0.05, 0) is 48.9 Å². The van der Waals surface area contributed by atoms with Crippen molar-refractivity contribution in [3.63, 3.8) is 0 Å². The lowest BCUT2D eigenvalue weighted by atomic mass is 9.79. The van der Waals surface area contributed by atoms with Crippen molar-refractivity contribution in [3.8, 4) is 0 Å². The first kappa shape index (κ1) is 17.5. The van der Waals surface area contributed by atoms with Gasteiger partial charge in [0, 0.05) is 0 Å². The molecule has 3 heteroatoms. The Labute approximate surface area is 126 Å². The minimum absolute atomic E-state index is 0.0368. The van der Waals surface area contributed by atoms with Crippen LogP contribution in [0.25, 0.3) is 0 Å². The molecule has 0 saturated heterocycles. The van der Waals surface area contributed by atoms with E-state index in [1.807, 2.05) is 0 Å². The maximum atomic E-state index is 9.67. The summed E-state index contributed by atoms with van der Waals surface area (Å²) in [5, 5.41) is 9.67. The third-order valence-corrected chi connectivity index (χ3v) is 9.58. The zero-order chi connectivity index (χ0) is 15.0. The molecule has 0 bridgehead atoms. The van der Waals surface area contributed by atoms with Gasteiger partial charge in [0.05, 0.1) is 6.61 Å². The molecule has 0 aromatic carbocycles. The Morgan fingerprint density at radius 3 is 2.15 bits per heavy atom. The van der Waals surface area contributed by atoms with E-state index < -0.39 is 8.32 Å². The van der Waals surface area contributed by atoms with Crippen LogP contribution in [-0.2, 0) is 4.43 Å². The molecule has 0 aromatic heterocycles. The molecule has 0 spiro atoms. The topological polar surface area (TPSA) is 29.5 Å². The Balaban J connectivity index is 2.82. The standard InChI is InChI=1S/C17H32O2Si/c1-5-15-11-9-10-12-16(15)13-17(14-18)19-20(6-2,7-3)8-4/h5,13,15-16,18H,1,6-12,14H2,2-4H3/b17-13+/t15-,16-/m0/s1. The van der Waals surface area contributed by atoms with E-state index in [0.29, 0.717) is 11.8 Å². The Kier molecular flexibility index (Phi) is 7.60. The molecule has 1 rings (SSSR count). The van der Waals surface area contributed by atoms with Crippen LogP contribution in [0.2, 0.25) is 18.1 Å². The normalized spacial score (nSPS) is 24.5. The Morgan fingerprint density at radius 2 is 1.70 bits per heavy atom. The van der Waals surface area contributed by atoms with Crippen LogP contribution < -0.4 is 0 Å². The molecule has 0 unspecified atom stereocenters. The number of rotatable bonds is 8. The fourth-order valence-corrected chi connectivity index (χ4v) is 5.91.